The average Bonchev–Trinajstić information content (AvgIpc) is 2.03. The SMILES string of the molecule is CCC(C)(N)Cc1cc(C)ccn1. The van der Waals surface area contributed by atoms with Gasteiger partial charge in [0.15, 0.2) is 0 Å². The van der Waals surface area contributed by atoms with E-state index in [1.807, 2.05) is 12.3 Å². The first-order chi connectivity index (χ1) is 6.03. The molecule has 1 atom stereocenters. The van der Waals surface area contributed by atoms with Crippen LogP contribution in [0.1, 0.15) is 31.5 Å². The summed E-state index contributed by atoms with van der Waals surface area (Å²) in [5, 5.41) is 0. The van der Waals surface area contributed by atoms with Gasteiger partial charge in [0.2, 0.25) is 0 Å². The van der Waals surface area contributed by atoms with Crippen LogP contribution in [0.15, 0.2) is 18.3 Å². The third-order valence-corrected chi connectivity index (χ3v) is 2.36. The highest BCUT2D eigenvalue weighted by atomic mass is 14.7. The highest BCUT2D eigenvalue weighted by Gasteiger charge is 2.16. The first-order valence-corrected chi connectivity index (χ1v) is 4.74. The average molecular weight is 178 g/mol. The topological polar surface area (TPSA) is 38.9 Å². The molecule has 0 spiro atoms. The van der Waals surface area contributed by atoms with Gasteiger partial charge in [0.05, 0.1) is 0 Å². The molecule has 1 unspecified atom stereocenters. The minimum atomic E-state index is -0.124. The second-order valence-corrected chi connectivity index (χ2v) is 4.01. The smallest absolute Gasteiger partial charge is 0.0424 e. The summed E-state index contributed by atoms with van der Waals surface area (Å²) in [5.74, 6) is 0. The van der Waals surface area contributed by atoms with Gasteiger partial charge in [-0.3, -0.25) is 4.98 Å². The van der Waals surface area contributed by atoms with Crippen LogP contribution in [-0.4, -0.2) is 10.5 Å². The summed E-state index contributed by atoms with van der Waals surface area (Å²) in [7, 11) is 0. The quantitative estimate of drug-likeness (QED) is 0.769. The lowest BCUT2D eigenvalue weighted by atomic mass is 9.93. The molecule has 0 saturated heterocycles. The van der Waals surface area contributed by atoms with Crippen molar-refractivity contribution in [3.8, 4) is 0 Å². The number of nitrogens with zero attached hydrogens (tertiary/aromatic N) is 1. The standard InChI is InChI=1S/C11H18N2/c1-4-11(3,12)8-10-7-9(2)5-6-13-10/h5-7H,4,8,12H2,1-3H3. The first kappa shape index (κ1) is 10.2. The number of aryl methyl sites for hydroxylation is 1. The van der Waals surface area contributed by atoms with Crippen molar-refractivity contribution in [2.75, 3.05) is 0 Å². The van der Waals surface area contributed by atoms with Crippen LogP contribution in [0, 0.1) is 6.92 Å². The molecular formula is C11H18N2. The molecule has 1 heterocycles. The van der Waals surface area contributed by atoms with Crippen molar-refractivity contribution in [1.82, 2.24) is 4.98 Å². The van der Waals surface area contributed by atoms with E-state index in [-0.39, 0.29) is 5.54 Å². The minimum Gasteiger partial charge on any atom is -0.325 e. The molecule has 0 radical (unpaired) electrons. The third kappa shape index (κ3) is 3.15. The van der Waals surface area contributed by atoms with Crippen LogP contribution in [0.4, 0.5) is 0 Å². The van der Waals surface area contributed by atoms with Crippen molar-refractivity contribution < 1.29 is 0 Å². The van der Waals surface area contributed by atoms with E-state index in [0.717, 1.165) is 18.5 Å². The molecule has 2 N–H and O–H groups in total. The van der Waals surface area contributed by atoms with E-state index < -0.39 is 0 Å². The lowest BCUT2D eigenvalue weighted by Crippen LogP contribution is -2.37. The predicted molar refractivity (Wildman–Crippen MR) is 55.6 cm³/mol. The van der Waals surface area contributed by atoms with Crippen molar-refractivity contribution in [1.29, 1.82) is 0 Å². The van der Waals surface area contributed by atoms with Gasteiger partial charge in [0.1, 0.15) is 0 Å². The number of pyridine rings is 1. The van der Waals surface area contributed by atoms with Gasteiger partial charge in [-0.2, -0.15) is 0 Å². The van der Waals surface area contributed by atoms with E-state index in [4.69, 9.17) is 5.73 Å². The molecule has 1 rings (SSSR count). The van der Waals surface area contributed by atoms with Crippen molar-refractivity contribution >= 4 is 0 Å². The lowest BCUT2D eigenvalue weighted by Gasteiger charge is -2.21. The van der Waals surface area contributed by atoms with E-state index in [9.17, 15) is 0 Å². The van der Waals surface area contributed by atoms with Crippen molar-refractivity contribution in [2.45, 2.75) is 39.2 Å². The van der Waals surface area contributed by atoms with Crippen LogP contribution in [0.2, 0.25) is 0 Å². The first-order valence-electron chi connectivity index (χ1n) is 4.74. The van der Waals surface area contributed by atoms with Gasteiger partial charge in [-0.05, 0) is 38.0 Å². The molecule has 0 aliphatic heterocycles. The van der Waals surface area contributed by atoms with Gasteiger partial charge < -0.3 is 5.73 Å². The Morgan fingerprint density at radius 3 is 2.77 bits per heavy atom. The van der Waals surface area contributed by atoms with Crippen LogP contribution in [0.25, 0.3) is 0 Å². The minimum absolute atomic E-state index is 0.124. The van der Waals surface area contributed by atoms with Gasteiger partial charge in [0.25, 0.3) is 0 Å². The number of nitrogens with two attached hydrogens (primary N) is 1. The van der Waals surface area contributed by atoms with E-state index in [1.54, 1.807) is 0 Å². The fraction of sp³-hybridized carbons (Fsp3) is 0.545. The summed E-state index contributed by atoms with van der Waals surface area (Å²) in [6, 6.07) is 4.10. The third-order valence-electron chi connectivity index (χ3n) is 2.36. The van der Waals surface area contributed by atoms with E-state index >= 15 is 0 Å². The summed E-state index contributed by atoms with van der Waals surface area (Å²) in [6.07, 6.45) is 3.67. The van der Waals surface area contributed by atoms with Crippen molar-refractivity contribution in [2.24, 2.45) is 5.73 Å². The molecule has 0 bridgehead atoms. The Morgan fingerprint density at radius 1 is 1.54 bits per heavy atom. The van der Waals surface area contributed by atoms with E-state index in [0.29, 0.717) is 0 Å². The molecule has 0 fully saturated rings. The largest absolute Gasteiger partial charge is 0.325 e. The monoisotopic (exact) mass is 178 g/mol. The fourth-order valence-electron chi connectivity index (χ4n) is 1.23. The van der Waals surface area contributed by atoms with Crippen molar-refractivity contribution in [3.63, 3.8) is 0 Å². The normalized spacial score (nSPS) is 15.4. The van der Waals surface area contributed by atoms with Gasteiger partial charge in [-0.25, -0.2) is 0 Å². The van der Waals surface area contributed by atoms with Crippen LogP contribution < -0.4 is 5.73 Å². The maximum absolute atomic E-state index is 6.06. The zero-order valence-electron chi connectivity index (χ0n) is 8.67. The number of hydrogen-bond acceptors (Lipinski definition) is 2. The molecule has 1 aromatic rings. The molecule has 2 nitrogen and oxygen atoms in total. The Kier molecular flexibility index (Phi) is 3.04. The second kappa shape index (κ2) is 3.88. The predicted octanol–water partition coefficient (Wildman–Crippen LogP) is 2.06. The maximum atomic E-state index is 6.06. The number of aromatic nitrogens is 1. The van der Waals surface area contributed by atoms with Crippen LogP contribution in [0.3, 0.4) is 0 Å². The molecule has 13 heavy (non-hydrogen) atoms. The maximum Gasteiger partial charge on any atom is 0.0424 e. The van der Waals surface area contributed by atoms with Gasteiger partial charge in [0, 0.05) is 23.9 Å². The van der Waals surface area contributed by atoms with Gasteiger partial charge in [-0.1, -0.05) is 6.92 Å². The highest BCUT2D eigenvalue weighted by molar-refractivity contribution is 5.16. The van der Waals surface area contributed by atoms with Gasteiger partial charge >= 0.3 is 0 Å². The summed E-state index contributed by atoms with van der Waals surface area (Å²) in [5.41, 5.74) is 8.27. The van der Waals surface area contributed by atoms with Gasteiger partial charge in [-0.15, -0.1) is 0 Å². The Bertz CT molecular complexity index is 279. The van der Waals surface area contributed by atoms with Crippen LogP contribution in [0.5, 0.6) is 0 Å². The van der Waals surface area contributed by atoms with E-state index in [1.165, 1.54) is 5.56 Å². The molecular weight excluding hydrogens is 160 g/mol. The Morgan fingerprint density at radius 2 is 2.23 bits per heavy atom. The summed E-state index contributed by atoms with van der Waals surface area (Å²) in [6.45, 7) is 6.25. The number of rotatable bonds is 3. The molecule has 72 valence electrons. The second-order valence-electron chi connectivity index (χ2n) is 4.01. The van der Waals surface area contributed by atoms with E-state index in [2.05, 4.69) is 31.8 Å². The molecule has 0 aromatic carbocycles. The zero-order chi connectivity index (χ0) is 9.90. The lowest BCUT2D eigenvalue weighted by molar-refractivity contribution is 0.445. The molecule has 0 aliphatic carbocycles. The Balaban J connectivity index is 2.74. The summed E-state index contributed by atoms with van der Waals surface area (Å²) < 4.78 is 0. The summed E-state index contributed by atoms with van der Waals surface area (Å²) in [4.78, 5) is 4.29. The summed E-state index contributed by atoms with van der Waals surface area (Å²) >= 11 is 0. The molecule has 0 amide bonds. The molecule has 0 aliphatic rings. The van der Waals surface area contributed by atoms with Crippen LogP contribution >= 0.6 is 0 Å². The molecule has 1 aromatic heterocycles. The van der Waals surface area contributed by atoms with Crippen LogP contribution in [-0.2, 0) is 6.42 Å². The fourth-order valence-corrected chi connectivity index (χ4v) is 1.23. The Labute approximate surface area is 80.2 Å². The van der Waals surface area contributed by atoms with Crippen molar-refractivity contribution in [3.05, 3.63) is 29.6 Å². The Hall–Kier alpha value is -0.890. The molecule has 0 saturated carbocycles. The zero-order valence-corrected chi connectivity index (χ0v) is 8.67. The molecule has 2 heteroatoms. The highest BCUT2D eigenvalue weighted by Crippen LogP contribution is 2.12. The number of hydrogen-bond donors (Lipinski definition) is 1.